The summed E-state index contributed by atoms with van der Waals surface area (Å²) in [5.74, 6) is -0.332. The van der Waals surface area contributed by atoms with Crippen LogP contribution in [-0.4, -0.2) is 20.1 Å². The molecule has 0 spiro atoms. The molecule has 0 radical (unpaired) electrons. The van der Waals surface area contributed by atoms with Gasteiger partial charge in [0.1, 0.15) is 6.33 Å². The summed E-state index contributed by atoms with van der Waals surface area (Å²) in [4.78, 5) is 20.9. The van der Waals surface area contributed by atoms with Gasteiger partial charge in [-0.15, -0.1) is 0 Å². The van der Waals surface area contributed by atoms with E-state index in [0.717, 1.165) is 0 Å². The second-order valence-corrected chi connectivity index (χ2v) is 2.31. The average molecular weight is 163 g/mol. The molecule has 2 aromatic rings. The van der Waals surface area contributed by atoms with Gasteiger partial charge in [-0.25, -0.2) is 9.97 Å². The lowest BCUT2D eigenvalue weighted by Crippen LogP contribution is -2.04. The van der Waals surface area contributed by atoms with Crippen LogP contribution in [0.1, 0.15) is 0 Å². The van der Waals surface area contributed by atoms with Crippen molar-refractivity contribution in [2.75, 3.05) is 0 Å². The lowest BCUT2D eigenvalue weighted by atomic mass is 10.3. The maximum Gasteiger partial charge on any atom is 0.290 e. The van der Waals surface area contributed by atoms with E-state index in [1.807, 2.05) is 0 Å². The van der Waals surface area contributed by atoms with Gasteiger partial charge in [-0.05, 0) is 0 Å². The van der Waals surface area contributed by atoms with Crippen LogP contribution in [0, 0.1) is 0 Å². The summed E-state index contributed by atoms with van der Waals surface area (Å²) >= 11 is 0. The number of aromatic amines is 1. The topological polar surface area (TPSA) is 78.9 Å². The van der Waals surface area contributed by atoms with Gasteiger partial charge in [-0.2, -0.15) is 0 Å². The number of rotatable bonds is 0. The highest BCUT2D eigenvalue weighted by molar-refractivity contribution is 5.73. The van der Waals surface area contributed by atoms with Gasteiger partial charge in [0, 0.05) is 6.07 Å². The number of fused-ring (bicyclic) bond motifs is 1. The monoisotopic (exact) mass is 163 g/mol. The van der Waals surface area contributed by atoms with E-state index in [9.17, 15) is 4.79 Å². The summed E-state index contributed by atoms with van der Waals surface area (Å²) in [7, 11) is 0. The zero-order valence-corrected chi connectivity index (χ0v) is 5.98. The molecule has 0 unspecified atom stereocenters. The van der Waals surface area contributed by atoms with Crippen LogP contribution < -0.4 is 5.56 Å². The van der Waals surface area contributed by atoms with Gasteiger partial charge in [0.05, 0.1) is 17.2 Å². The minimum absolute atomic E-state index is 0.332. The molecule has 5 nitrogen and oxygen atoms in total. The molecule has 60 valence electrons. The molecule has 5 heteroatoms. The Bertz CT molecular complexity index is 477. The maximum absolute atomic E-state index is 10.9. The van der Waals surface area contributed by atoms with Gasteiger partial charge in [-0.3, -0.25) is 4.79 Å². The molecule has 0 amide bonds. The Kier molecular flexibility index (Phi) is 1.30. The smallest absolute Gasteiger partial charge is 0.290 e. The Hall–Kier alpha value is -1.91. The molecule has 0 aliphatic rings. The molecule has 2 N–H and O–H groups in total. The first-order valence-corrected chi connectivity index (χ1v) is 3.29. The van der Waals surface area contributed by atoms with Gasteiger partial charge in [0.15, 0.2) is 5.75 Å². The lowest BCUT2D eigenvalue weighted by molar-refractivity contribution is 0.468. The molecule has 0 fully saturated rings. The summed E-state index contributed by atoms with van der Waals surface area (Å²) < 4.78 is 0. The van der Waals surface area contributed by atoms with Crippen LogP contribution in [0.25, 0.3) is 11.0 Å². The number of aromatic nitrogens is 3. The first-order valence-electron chi connectivity index (χ1n) is 3.29. The summed E-state index contributed by atoms with van der Waals surface area (Å²) in [6.07, 6.45) is 2.82. The van der Waals surface area contributed by atoms with Crippen molar-refractivity contribution in [3.63, 3.8) is 0 Å². The molecule has 2 rings (SSSR count). The van der Waals surface area contributed by atoms with E-state index in [0.29, 0.717) is 11.0 Å². The fourth-order valence-corrected chi connectivity index (χ4v) is 0.932. The highest BCUT2D eigenvalue weighted by Crippen LogP contribution is 2.08. The van der Waals surface area contributed by atoms with Crippen LogP contribution in [0.3, 0.4) is 0 Å². The molecule has 0 aliphatic heterocycles. The second kappa shape index (κ2) is 2.30. The number of pyridine rings is 1. The molecule has 0 atom stereocenters. The zero-order chi connectivity index (χ0) is 8.55. The lowest BCUT2D eigenvalue weighted by Gasteiger charge is -1.94. The Morgan fingerprint density at radius 3 is 3.17 bits per heavy atom. The number of aromatic hydroxyl groups is 1. The summed E-state index contributed by atoms with van der Waals surface area (Å²) in [6, 6.07) is 1.30. The molecule has 0 saturated heterocycles. The Labute approximate surface area is 66.7 Å². The molecule has 0 saturated carbocycles. The maximum atomic E-state index is 10.9. The average Bonchev–Trinajstić information content (AvgIpc) is 2.07. The number of H-pyrrole nitrogens is 1. The third-order valence-corrected chi connectivity index (χ3v) is 1.50. The molecule has 0 bridgehead atoms. The summed E-state index contributed by atoms with van der Waals surface area (Å²) in [5.41, 5.74) is 0.500. The van der Waals surface area contributed by atoms with E-state index in [1.54, 1.807) is 0 Å². The summed E-state index contributed by atoms with van der Waals surface area (Å²) in [5, 5.41) is 9.01. The number of hydrogen-bond acceptors (Lipinski definition) is 4. The van der Waals surface area contributed by atoms with Crippen molar-refractivity contribution in [3.05, 3.63) is 28.9 Å². The van der Waals surface area contributed by atoms with E-state index in [-0.39, 0.29) is 5.75 Å². The SMILES string of the molecule is O=c1[nH]c2cncnc2cc1O. The molecule has 12 heavy (non-hydrogen) atoms. The van der Waals surface area contributed by atoms with Crippen molar-refractivity contribution in [2.45, 2.75) is 0 Å². The Morgan fingerprint density at radius 1 is 1.50 bits per heavy atom. The van der Waals surface area contributed by atoms with Gasteiger partial charge in [-0.1, -0.05) is 0 Å². The standard InChI is InChI=1S/C7H5N3O2/c11-6-1-4-5(10-7(6)12)2-8-3-9-4/h1-3,11H,(H,10,12). The van der Waals surface area contributed by atoms with E-state index >= 15 is 0 Å². The molecule has 2 aromatic heterocycles. The largest absolute Gasteiger partial charge is 0.503 e. The minimum Gasteiger partial charge on any atom is -0.503 e. The number of nitrogens with one attached hydrogen (secondary N) is 1. The van der Waals surface area contributed by atoms with Crippen LogP contribution in [0.5, 0.6) is 5.75 Å². The fraction of sp³-hybridized carbons (Fsp3) is 0. The van der Waals surface area contributed by atoms with Crippen molar-refractivity contribution in [2.24, 2.45) is 0 Å². The van der Waals surface area contributed by atoms with Gasteiger partial charge >= 0.3 is 0 Å². The Morgan fingerprint density at radius 2 is 2.33 bits per heavy atom. The van der Waals surface area contributed by atoms with Crippen LogP contribution in [-0.2, 0) is 0 Å². The first-order chi connectivity index (χ1) is 5.77. The van der Waals surface area contributed by atoms with Crippen molar-refractivity contribution in [1.29, 1.82) is 0 Å². The van der Waals surface area contributed by atoms with Crippen LogP contribution in [0.2, 0.25) is 0 Å². The predicted molar refractivity (Wildman–Crippen MR) is 41.8 cm³/mol. The first kappa shape index (κ1) is 6.78. The number of nitrogens with zero attached hydrogens (tertiary/aromatic N) is 2. The highest BCUT2D eigenvalue weighted by Gasteiger charge is 1.99. The van der Waals surface area contributed by atoms with E-state index in [1.165, 1.54) is 18.6 Å². The fourth-order valence-electron chi connectivity index (χ4n) is 0.932. The molecule has 0 aromatic carbocycles. The minimum atomic E-state index is -0.530. The third-order valence-electron chi connectivity index (χ3n) is 1.50. The normalized spacial score (nSPS) is 10.3. The third kappa shape index (κ3) is 0.914. The van der Waals surface area contributed by atoms with Gasteiger partial charge in [0.25, 0.3) is 5.56 Å². The van der Waals surface area contributed by atoms with Crippen molar-refractivity contribution in [3.8, 4) is 5.75 Å². The zero-order valence-electron chi connectivity index (χ0n) is 5.98. The number of hydrogen-bond donors (Lipinski definition) is 2. The van der Waals surface area contributed by atoms with Crippen LogP contribution in [0.15, 0.2) is 23.4 Å². The van der Waals surface area contributed by atoms with Crippen molar-refractivity contribution < 1.29 is 5.11 Å². The second-order valence-electron chi connectivity index (χ2n) is 2.31. The molecular weight excluding hydrogens is 158 g/mol. The highest BCUT2D eigenvalue weighted by atomic mass is 16.3. The van der Waals surface area contributed by atoms with E-state index in [4.69, 9.17) is 5.11 Å². The van der Waals surface area contributed by atoms with Crippen LogP contribution >= 0.6 is 0 Å². The van der Waals surface area contributed by atoms with Gasteiger partial charge in [0.2, 0.25) is 0 Å². The quantitative estimate of drug-likeness (QED) is 0.574. The van der Waals surface area contributed by atoms with E-state index < -0.39 is 5.56 Å². The van der Waals surface area contributed by atoms with Crippen LogP contribution in [0.4, 0.5) is 0 Å². The molecule has 2 heterocycles. The Balaban J connectivity index is 2.93. The van der Waals surface area contributed by atoms with E-state index in [2.05, 4.69) is 15.0 Å². The molecule has 0 aliphatic carbocycles. The predicted octanol–water partition coefficient (Wildman–Crippen LogP) is 0.0237. The molecular formula is C7H5N3O2. The van der Waals surface area contributed by atoms with Gasteiger partial charge < -0.3 is 10.1 Å². The summed E-state index contributed by atoms with van der Waals surface area (Å²) in [6.45, 7) is 0. The van der Waals surface area contributed by atoms with Crippen molar-refractivity contribution >= 4 is 11.0 Å². The van der Waals surface area contributed by atoms with Crippen molar-refractivity contribution in [1.82, 2.24) is 15.0 Å².